The van der Waals surface area contributed by atoms with Crippen molar-refractivity contribution in [2.45, 2.75) is 6.61 Å². The van der Waals surface area contributed by atoms with Gasteiger partial charge in [0.15, 0.2) is 5.69 Å². The van der Waals surface area contributed by atoms with E-state index < -0.39 is 5.97 Å². The second kappa shape index (κ2) is 4.89. The van der Waals surface area contributed by atoms with E-state index in [1.54, 1.807) is 24.3 Å². The van der Waals surface area contributed by atoms with Gasteiger partial charge in [-0.2, -0.15) is 5.10 Å². The first-order chi connectivity index (χ1) is 8.67. The first kappa shape index (κ1) is 12.1. The SMILES string of the molecule is COc1ccccc1-n1cc(CO)c(C(=O)O)n1. The normalized spacial score (nSPS) is 10.3. The molecular formula is C12H12N2O4. The van der Waals surface area contributed by atoms with E-state index >= 15 is 0 Å². The average molecular weight is 248 g/mol. The summed E-state index contributed by atoms with van der Waals surface area (Å²) in [6.45, 7) is -0.378. The molecule has 0 aliphatic carbocycles. The van der Waals surface area contributed by atoms with Crippen molar-refractivity contribution >= 4 is 5.97 Å². The van der Waals surface area contributed by atoms with Crippen LogP contribution in [-0.2, 0) is 6.61 Å². The largest absolute Gasteiger partial charge is 0.494 e. The fourth-order valence-corrected chi connectivity index (χ4v) is 1.65. The fourth-order valence-electron chi connectivity index (χ4n) is 1.65. The van der Waals surface area contributed by atoms with Crippen molar-refractivity contribution in [2.75, 3.05) is 7.11 Å². The molecule has 94 valence electrons. The van der Waals surface area contributed by atoms with Gasteiger partial charge in [0, 0.05) is 11.8 Å². The van der Waals surface area contributed by atoms with Crippen LogP contribution < -0.4 is 4.74 Å². The van der Waals surface area contributed by atoms with Gasteiger partial charge >= 0.3 is 5.97 Å². The van der Waals surface area contributed by atoms with E-state index in [2.05, 4.69) is 5.10 Å². The molecule has 0 amide bonds. The summed E-state index contributed by atoms with van der Waals surface area (Å²) < 4.78 is 6.56. The van der Waals surface area contributed by atoms with Gasteiger partial charge in [-0.3, -0.25) is 0 Å². The molecule has 2 aromatic rings. The van der Waals surface area contributed by atoms with E-state index in [1.807, 2.05) is 0 Å². The van der Waals surface area contributed by atoms with Crippen molar-refractivity contribution < 1.29 is 19.7 Å². The number of para-hydroxylation sites is 2. The van der Waals surface area contributed by atoms with E-state index in [0.29, 0.717) is 11.4 Å². The van der Waals surface area contributed by atoms with E-state index in [1.165, 1.54) is 18.0 Å². The van der Waals surface area contributed by atoms with Gasteiger partial charge in [0.1, 0.15) is 11.4 Å². The molecule has 0 bridgehead atoms. The number of rotatable bonds is 4. The zero-order valence-electron chi connectivity index (χ0n) is 9.70. The average Bonchev–Trinajstić information content (AvgIpc) is 2.82. The Hall–Kier alpha value is -2.34. The number of aromatic nitrogens is 2. The standard InChI is InChI=1S/C12H12N2O4/c1-18-10-5-3-2-4-9(10)14-6-8(7-15)11(13-14)12(16)17/h2-6,15H,7H2,1H3,(H,16,17). The minimum atomic E-state index is -1.17. The third-order valence-corrected chi connectivity index (χ3v) is 2.49. The van der Waals surface area contributed by atoms with Crippen molar-refractivity contribution in [3.63, 3.8) is 0 Å². The quantitative estimate of drug-likeness (QED) is 0.845. The lowest BCUT2D eigenvalue weighted by Gasteiger charge is -2.07. The van der Waals surface area contributed by atoms with Crippen LogP contribution >= 0.6 is 0 Å². The van der Waals surface area contributed by atoms with E-state index in [9.17, 15) is 4.79 Å². The van der Waals surface area contributed by atoms with Gasteiger partial charge in [-0.15, -0.1) is 0 Å². The number of aromatic carboxylic acids is 1. The van der Waals surface area contributed by atoms with Crippen molar-refractivity contribution in [1.82, 2.24) is 9.78 Å². The molecule has 0 atom stereocenters. The molecule has 0 aliphatic rings. The first-order valence-corrected chi connectivity index (χ1v) is 5.23. The van der Waals surface area contributed by atoms with Crippen molar-refractivity contribution in [2.24, 2.45) is 0 Å². The molecule has 1 aromatic heterocycles. The Bertz CT molecular complexity index is 577. The van der Waals surface area contributed by atoms with Crippen LogP contribution in [0.25, 0.3) is 5.69 Å². The molecule has 6 nitrogen and oxygen atoms in total. The number of nitrogens with zero attached hydrogens (tertiary/aromatic N) is 2. The smallest absolute Gasteiger partial charge is 0.356 e. The predicted octanol–water partition coefficient (Wildman–Crippen LogP) is 1.07. The van der Waals surface area contributed by atoms with Gasteiger partial charge in [0.05, 0.1) is 13.7 Å². The number of benzene rings is 1. The monoisotopic (exact) mass is 248 g/mol. The summed E-state index contributed by atoms with van der Waals surface area (Å²) in [6.07, 6.45) is 1.47. The fraction of sp³-hybridized carbons (Fsp3) is 0.167. The van der Waals surface area contributed by atoms with Crippen molar-refractivity contribution in [3.8, 4) is 11.4 Å². The topological polar surface area (TPSA) is 84.6 Å². The maximum Gasteiger partial charge on any atom is 0.356 e. The van der Waals surface area contributed by atoms with E-state index in [4.69, 9.17) is 14.9 Å². The number of hydrogen-bond donors (Lipinski definition) is 2. The summed E-state index contributed by atoms with van der Waals surface area (Å²) in [7, 11) is 1.52. The second-order valence-electron chi connectivity index (χ2n) is 3.58. The Morgan fingerprint density at radius 1 is 1.44 bits per heavy atom. The lowest BCUT2D eigenvalue weighted by molar-refractivity contribution is 0.0686. The molecule has 2 N–H and O–H groups in total. The number of carboxylic acids is 1. The molecule has 0 unspecified atom stereocenters. The molecule has 6 heteroatoms. The van der Waals surface area contributed by atoms with Crippen LogP contribution in [0, 0.1) is 0 Å². The molecular weight excluding hydrogens is 236 g/mol. The highest BCUT2D eigenvalue weighted by Gasteiger charge is 2.16. The van der Waals surface area contributed by atoms with E-state index in [-0.39, 0.29) is 17.9 Å². The van der Waals surface area contributed by atoms with Gasteiger partial charge in [0.2, 0.25) is 0 Å². The third kappa shape index (κ3) is 2.05. The van der Waals surface area contributed by atoms with Crippen LogP contribution in [-0.4, -0.2) is 33.1 Å². The number of ether oxygens (including phenoxy) is 1. The van der Waals surface area contributed by atoms with Gasteiger partial charge in [-0.1, -0.05) is 12.1 Å². The zero-order chi connectivity index (χ0) is 13.1. The Labute approximate surface area is 103 Å². The molecule has 0 aliphatic heterocycles. The predicted molar refractivity (Wildman–Crippen MR) is 63.0 cm³/mol. The number of hydrogen-bond acceptors (Lipinski definition) is 4. The summed E-state index contributed by atoms with van der Waals surface area (Å²) in [5.41, 5.74) is 0.707. The van der Waals surface area contributed by atoms with Crippen LogP contribution in [0.4, 0.5) is 0 Å². The summed E-state index contributed by atoms with van der Waals surface area (Å²) in [5.74, 6) is -0.603. The molecule has 0 fully saturated rings. The minimum absolute atomic E-state index is 0.164. The molecule has 2 rings (SSSR count). The van der Waals surface area contributed by atoms with Gasteiger partial charge < -0.3 is 14.9 Å². The maximum absolute atomic E-state index is 11.0. The lowest BCUT2D eigenvalue weighted by Crippen LogP contribution is -2.03. The van der Waals surface area contributed by atoms with Crippen LogP contribution in [0.15, 0.2) is 30.5 Å². The second-order valence-corrected chi connectivity index (χ2v) is 3.58. The highest BCUT2D eigenvalue weighted by molar-refractivity contribution is 5.87. The molecule has 1 heterocycles. The lowest BCUT2D eigenvalue weighted by atomic mass is 10.2. The third-order valence-electron chi connectivity index (χ3n) is 2.49. The Morgan fingerprint density at radius 3 is 2.72 bits per heavy atom. The Balaban J connectivity index is 2.54. The van der Waals surface area contributed by atoms with Crippen LogP contribution in [0.3, 0.4) is 0 Å². The number of methoxy groups -OCH3 is 1. The highest BCUT2D eigenvalue weighted by Crippen LogP contribution is 2.22. The maximum atomic E-state index is 11.0. The van der Waals surface area contributed by atoms with Crippen LogP contribution in [0.2, 0.25) is 0 Å². The molecule has 0 saturated carbocycles. The summed E-state index contributed by atoms with van der Waals surface area (Å²) in [4.78, 5) is 11.0. The molecule has 0 saturated heterocycles. The zero-order valence-corrected chi connectivity index (χ0v) is 9.70. The molecule has 1 aromatic carbocycles. The number of carboxylic acid groups (broad SMARTS) is 1. The minimum Gasteiger partial charge on any atom is -0.494 e. The van der Waals surface area contributed by atoms with Crippen molar-refractivity contribution in [3.05, 3.63) is 41.7 Å². The Kier molecular flexibility index (Phi) is 3.29. The number of aliphatic hydroxyl groups excluding tert-OH is 1. The van der Waals surface area contributed by atoms with Crippen molar-refractivity contribution in [1.29, 1.82) is 0 Å². The summed E-state index contributed by atoms with van der Waals surface area (Å²) in [6, 6.07) is 7.09. The Morgan fingerprint density at radius 2 is 2.17 bits per heavy atom. The van der Waals surface area contributed by atoms with Crippen LogP contribution in [0.1, 0.15) is 16.1 Å². The number of aliphatic hydroxyl groups is 1. The highest BCUT2D eigenvalue weighted by atomic mass is 16.5. The summed E-state index contributed by atoms with van der Waals surface area (Å²) in [5, 5.41) is 22.0. The van der Waals surface area contributed by atoms with Gasteiger partial charge in [-0.25, -0.2) is 9.48 Å². The molecule has 18 heavy (non-hydrogen) atoms. The van der Waals surface area contributed by atoms with Crippen LogP contribution in [0.5, 0.6) is 5.75 Å². The first-order valence-electron chi connectivity index (χ1n) is 5.23. The van der Waals surface area contributed by atoms with Gasteiger partial charge in [-0.05, 0) is 12.1 Å². The molecule has 0 spiro atoms. The molecule has 0 radical (unpaired) electrons. The summed E-state index contributed by atoms with van der Waals surface area (Å²) >= 11 is 0. The number of carbonyl (C=O) groups is 1. The van der Waals surface area contributed by atoms with E-state index in [0.717, 1.165) is 0 Å². The van der Waals surface area contributed by atoms with Gasteiger partial charge in [0.25, 0.3) is 0 Å².